The monoisotopic (exact) mass is 653 g/mol. The molecule has 10 rings (SSSR count). The maximum Gasteiger partial charge on any atom is 0.0541 e. The van der Waals surface area contributed by atoms with E-state index in [9.17, 15) is 0 Å². The minimum atomic E-state index is 1.16. The van der Waals surface area contributed by atoms with E-state index in [0.717, 1.165) is 5.69 Å². The van der Waals surface area contributed by atoms with E-state index in [1.807, 2.05) is 11.3 Å². The molecule has 0 aliphatic rings. The molecule has 0 aliphatic carbocycles. The third-order valence-corrected chi connectivity index (χ3v) is 11.2. The Bertz CT molecular complexity index is 2820. The zero-order valence-electron chi connectivity index (χ0n) is 27.3. The second-order valence-corrected chi connectivity index (χ2v) is 14.0. The third kappa shape index (κ3) is 4.76. The average molecular weight is 654 g/mol. The van der Waals surface area contributed by atoms with Crippen molar-refractivity contribution in [2.24, 2.45) is 0 Å². The van der Waals surface area contributed by atoms with Crippen molar-refractivity contribution in [1.29, 1.82) is 0 Å². The SMILES string of the molecule is c1ccc(-c2cccc(-c3cc(-c4cccc(-n5c6ccccc6c6ccccc65)c4)cc(-c4cccc5c4sc4ccccc45)c3)c2)cc1. The lowest BCUT2D eigenvalue weighted by molar-refractivity contribution is 1.18. The molecule has 10 aromatic rings. The molecule has 234 valence electrons. The minimum Gasteiger partial charge on any atom is -0.309 e. The van der Waals surface area contributed by atoms with Crippen molar-refractivity contribution in [2.45, 2.75) is 0 Å². The van der Waals surface area contributed by atoms with Crippen LogP contribution in [-0.4, -0.2) is 4.57 Å². The Morgan fingerprint density at radius 1 is 0.320 bits per heavy atom. The van der Waals surface area contributed by atoms with Gasteiger partial charge in [-0.25, -0.2) is 0 Å². The molecule has 1 nitrogen and oxygen atoms in total. The highest BCUT2D eigenvalue weighted by Gasteiger charge is 2.16. The normalized spacial score (nSPS) is 11.6. The predicted octanol–water partition coefficient (Wildman–Crippen LogP) is 13.8. The number of aromatic nitrogens is 1. The highest BCUT2D eigenvalue weighted by molar-refractivity contribution is 7.26. The summed E-state index contributed by atoms with van der Waals surface area (Å²) in [5.41, 5.74) is 13.3. The van der Waals surface area contributed by atoms with Gasteiger partial charge < -0.3 is 4.57 Å². The standard InChI is InChI=1S/C48H31NS/c1-2-13-32(14-3-1)33-15-10-16-34(27-33)36-28-37(30-38(29-36)40-22-12-23-44-43-21-6-9-26-47(43)50-48(40)44)35-17-11-18-39(31-35)49-45-24-7-4-19-41(45)42-20-5-8-25-46(42)49/h1-31H. The van der Waals surface area contributed by atoms with Crippen LogP contribution in [0.25, 0.3) is 92.2 Å². The number of rotatable bonds is 5. The van der Waals surface area contributed by atoms with Crippen LogP contribution in [0, 0.1) is 0 Å². The zero-order valence-corrected chi connectivity index (χ0v) is 28.1. The van der Waals surface area contributed by atoms with E-state index in [1.165, 1.54) is 86.5 Å². The number of benzene rings is 8. The molecule has 8 aromatic carbocycles. The van der Waals surface area contributed by atoms with E-state index in [1.54, 1.807) is 0 Å². The summed E-state index contributed by atoms with van der Waals surface area (Å²) in [7, 11) is 0. The Kier molecular flexibility index (Phi) is 6.75. The van der Waals surface area contributed by atoms with Crippen molar-refractivity contribution < 1.29 is 0 Å². The molecular weight excluding hydrogens is 623 g/mol. The maximum absolute atomic E-state index is 2.40. The average Bonchev–Trinajstić information content (AvgIpc) is 3.74. The Balaban J connectivity index is 1.19. The molecule has 0 fully saturated rings. The molecule has 0 unspecified atom stereocenters. The Hall–Kier alpha value is -6.22. The molecule has 2 heterocycles. The van der Waals surface area contributed by atoms with E-state index in [0.29, 0.717) is 0 Å². The Morgan fingerprint density at radius 2 is 0.820 bits per heavy atom. The first-order valence-electron chi connectivity index (χ1n) is 17.1. The quantitative estimate of drug-likeness (QED) is 0.174. The second kappa shape index (κ2) is 11.7. The second-order valence-electron chi connectivity index (χ2n) is 12.9. The zero-order chi connectivity index (χ0) is 33.0. The molecular formula is C48H31NS. The van der Waals surface area contributed by atoms with E-state index in [2.05, 4.69) is 193 Å². The summed E-state index contributed by atoms with van der Waals surface area (Å²) < 4.78 is 5.05. The summed E-state index contributed by atoms with van der Waals surface area (Å²) in [6.07, 6.45) is 0. The van der Waals surface area contributed by atoms with Gasteiger partial charge in [0.2, 0.25) is 0 Å². The molecule has 2 heteroatoms. The number of hydrogen-bond acceptors (Lipinski definition) is 1. The highest BCUT2D eigenvalue weighted by Crippen LogP contribution is 2.42. The van der Waals surface area contributed by atoms with Crippen molar-refractivity contribution in [3.05, 3.63) is 188 Å². The first-order valence-corrected chi connectivity index (χ1v) is 17.9. The Morgan fingerprint density at radius 3 is 1.56 bits per heavy atom. The van der Waals surface area contributed by atoms with Crippen molar-refractivity contribution in [2.75, 3.05) is 0 Å². The van der Waals surface area contributed by atoms with Crippen LogP contribution in [0.4, 0.5) is 0 Å². The van der Waals surface area contributed by atoms with Gasteiger partial charge in [-0.2, -0.15) is 0 Å². The molecule has 2 aromatic heterocycles. The van der Waals surface area contributed by atoms with Gasteiger partial charge in [0.25, 0.3) is 0 Å². The van der Waals surface area contributed by atoms with Crippen LogP contribution < -0.4 is 0 Å². The molecule has 0 atom stereocenters. The van der Waals surface area contributed by atoms with Crippen LogP contribution >= 0.6 is 11.3 Å². The molecule has 0 radical (unpaired) electrons. The summed E-state index contributed by atoms with van der Waals surface area (Å²) >= 11 is 1.89. The van der Waals surface area contributed by atoms with Gasteiger partial charge in [0.1, 0.15) is 0 Å². The number of para-hydroxylation sites is 2. The molecule has 50 heavy (non-hydrogen) atoms. The summed E-state index contributed by atoms with van der Waals surface area (Å²) in [6, 6.07) is 68.7. The smallest absolute Gasteiger partial charge is 0.0541 e. The molecule has 0 aliphatic heterocycles. The molecule has 0 saturated heterocycles. The maximum atomic E-state index is 2.40. The van der Waals surface area contributed by atoms with Gasteiger partial charge in [0.05, 0.1) is 11.0 Å². The van der Waals surface area contributed by atoms with E-state index in [4.69, 9.17) is 0 Å². The van der Waals surface area contributed by atoms with Gasteiger partial charge in [-0.1, -0.05) is 133 Å². The summed E-state index contributed by atoms with van der Waals surface area (Å²) in [5.74, 6) is 0. The lowest BCUT2D eigenvalue weighted by Crippen LogP contribution is -1.94. The summed E-state index contributed by atoms with van der Waals surface area (Å²) in [4.78, 5) is 0. The number of nitrogens with zero attached hydrogens (tertiary/aromatic N) is 1. The van der Waals surface area contributed by atoms with Gasteiger partial charge >= 0.3 is 0 Å². The van der Waals surface area contributed by atoms with Gasteiger partial charge in [0, 0.05) is 36.6 Å². The first kappa shape index (κ1) is 28.8. The van der Waals surface area contributed by atoms with Crippen LogP contribution in [0.3, 0.4) is 0 Å². The van der Waals surface area contributed by atoms with Crippen molar-refractivity contribution in [3.63, 3.8) is 0 Å². The van der Waals surface area contributed by atoms with E-state index >= 15 is 0 Å². The fourth-order valence-corrected chi connectivity index (χ4v) is 8.86. The predicted molar refractivity (Wildman–Crippen MR) is 215 cm³/mol. The topological polar surface area (TPSA) is 4.93 Å². The molecule has 0 spiro atoms. The number of thiophene rings is 1. The first-order chi connectivity index (χ1) is 24.8. The minimum absolute atomic E-state index is 1.16. The Labute approximate surface area is 295 Å². The van der Waals surface area contributed by atoms with Gasteiger partial charge in [0.15, 0.2) is 0 Å². The highest BCUT2D eigenvalue weighted by atomic mass is 32.1. The molecule has 0 bridgehead atoms. The van der Waals surface area contributed by atoms with Crippen LogP contribution in [-0.2, 0) is 0 Å². The molecule has 0 saturated carbocycles. The van der Waals surface area contributed by atoms with Crippen molar-refractivity contribution >= 4 is 53.3 Å². The number of fused-ring (bicyclic) bond motifs is 6. The molecule has 0 N–H and O–H groups in total. The van der Waals surface area contributed by atoms with Gasteiger partial charge in [-0.15, -0.1) is 11.3 Å². The van der Waals surface area contributed by atoms with Crippen LogP contribution in [0.2, 0.25) is 0 Å². The van der Waals surface area contributed by atoms with E-state index in [-0.39, 0.29) is 0 Å². The number of hydrogen-bond donors (Lipinski definition) is 0. The van der Waals surface area contributed by atoms with Gasteiger partial charge in [-0.05, 0) is 99.1 Å². The van der Waals surface area contributed by atoms with Gasteiger partial charge in [-0.3, -0.25) is 0 Å². The van der Waals surface area contributed by atoms with Crippen molar-refractivity contribution in [1.82, 2.24) is 4.57 Å². The van der Waals surface area contributed by atoms with Crippen molar-refractivity contribution in [3.8, 4) is 50.2 Å². The summed E-state index contributed by atoms with van der Waals surface area (Å²) in [5, 5.41) is 5.18. The fourth-order valence-electron chi connectivity index (χ4n) is 7.63. The lowest BCUT2D eigenvalue weighted by Gasteiger charge is -2.14. The molecule has 0 amide bonds. The van der Waals surface area contributed by atoms with Crippen LogP contribution in [0.15, 0.2) is 188 Å². The van der Waals surface area contributed by atoms with E-state index < -0.39 is 0 Å². The lowest BCUT2D eigenvalue weighted by atomic mass is 9.91. The largest absolute Gasteiger partial charge is 0.309 e. The summed E-state index contributed by atoms with van der Waals surface area (Å²) in [6.45, 7) is 0. The third-order valence-electron chi connectivity index (χ3n) is 9.97. The fraction of sp³-hybridized carbons (Fsp3) is 0. The van der Waals surface area contributed by atoms with Crippen LogP contribution in [0.1, 0.15) is 0 Å². The van der Waals surface area contributed by atoms with Crippen LogP contribution in [0.5, 0.6) is 0 Å².